The number of allylic oxidation sites excluding steroid dienone is 2. The largest absolute Gasteiger partial charge is 0.430 e. The monoisotopic (exact) mass is 288 g/mol. The lowest BCUT2D eigenvalue weighted by molar-refractivity contribution is -0.0925. The molecule has 8 heteroatoms. The Bertz CT molecular complexity index is 657. The van der Waals surface area contributed by atoms with Gasteiger partial charge in [-0.3, -0.25) is 10.1 Å². The fraction of sp³-hybridized carbons (Fsp3) is 0.0909. The molecule has 3 N–H and O–H groups in total. The van der Waals surface area contributed by atoms with Crippen LogP contribution in [0.25, 0.3) is 10.9 Å². The van der Waals surface area contributed by atoms with E-state index < -0.39 is 11.9 Å². The van der Waals surface area contributed by atoms with Crippen LogP contribution in [0.3, 0.4) is 0 Å². The number of nitrogens with zero attached hydrogens (tertiary/aromatic N) is 2. The minimum Gasteiger partial charge on any atom is -0.395 e. The van der Waals surface area contributed by atoms with E-state index in [1.807, 2.05) is 0 Å². The number of aromatic nitrogens is 2. The first kappa shape index (κ1) is 13.4. The maximum Gasteiger partial charge on any atom is 0.430 e. The van der Waals surface area contributed by atoms with Crippen molar-refractivity contribution < 1.29 is 13.2 Å². The van der Waals surface area contributed by atoms with Crippen LogP contribution in [-0.4, -0.2) is 22.6 Å². The van der Waals surface area contributed by atoms with Gasteiger partial charge in [0.15, 0.2) is 0 Å². The summed E-state index contributed by atoms with van der Waals surface area (Å²) in [6.07, 6.45) is -1.42. The molecule has 0 aliphatic carbocycles. The van der Waals surface area contributed by atoms with Gasteiger partial charge in [0.1, 0.15) is 5.70 Å². The van der Waals surface area contributed by atoms with Crippen molar-refractivity contribution in [1.82, 2.24) is 10.2 Å². The van der Waals surface area contributed by atoms with Gasteiger partial charge in [0.2, 0.25) is 0 Å². The highest BCUT2D eigenvalue weighted by Crippen LogP contribution is 2.31. The maximum atomic E-state index is 12.1. The van der Waals surface area contributed by atoms with Gasteiger partial charge in [-0.25, -0.2) is 0 Å². The summed E-state index contributed by atoms with van der Waals surface area (Å²) in [5.41, 5.74) is 4.65. The average molecular weight is 289 g/mol. The average Bonchev–Trinajstić information content (AvgIpc) is 2.79. The molecule has 0 radical (unpaired) electrons. The Balaban J connectivity index is 2.29. The maximum absolute atomic E-state index is 12.1. The van der Waals surface area contributed by atoms with Crippen LogP contribution >= 0.6 is 11.6 Å². The second kappa shape index (κ2) is 4.93. The molecule has 0 unspecified atom stereocenters. The van der Waals surface area contributed by atoms with Crippen molar-refractivity contribution in [2.45, 2.75) is 6.18 Å². The third-order valence-corrected chi connectivity index (χ3v) is 2.73. The number of aromatic amines is 1. The first-order valence-electron chi connectivity index (χ1n) is 5.08. The second-order valence-electron chi connectivity index (χ2n) is 3.63. The standard InChI is InChI=1S/C11H8ClF3N4/c12-10-6-5-18-19-7(6)1-2-8(10)17-4-3-9(16)11(13,14)15/h1-5H,16H2,(H,18,19). The van der Waals surface area contributed by atoms with Crippen LogP contribution in [0.1, 0.15) is 0 Å². The van der Waals surface area contributed by atoms with Gasteiger partial charge in [-0.15, -0.1) is 0 Å². The van der Waals surface area contributed by atoms with E-state index in [9.17, 15) is 13.2 Å². The summed E-state index contributed by atoms with van der Waals surface area (Å²) in [6.45, 7) is 0. The van der Waals surface area contributed by atoms with Crippen molar-refractivity contribution >= 4 is 34.4 Å². The van der Waals surface area contributed by atoms with Gasteiger partial charge >= 0.3 is 6.18 Å². The molecule has 1 aromatic carbocycles. The van der Waals surface area contributed by atoms with Gasteiger partial charge in [0, 0.05) is 11.6 Å². The van der Waals surface area contributed by atoms with Crippen LogP contribution in [0.4, 0.5) is 18.9 Å². The highest BCUT2D eigenvalue weighted by Gasteiger charge is 2.30. The fourth-order valence-corrected chi connectivity index (χ4v) is 1.63. The summed E-state index contributed by atoms with van der Waals surface area (Å²) in [7, 11) is 0. The van der Waals surface area contributed by atoms with Crippen LogP contribution in [0, 0.1) is 0 Å². The van der Waals surface area contributed by atoms with E-state index in [1.165, 1.54) is 6.20 Å². The Morgan fingerprint density at radius 1 is 1.42 bits per heavy atom. The molecule has 0 aliphatic heterocycles. The first-order valence-corrected chi connectivity index (χ1v) is 5.46. The molecule has 2 aromatic rings. The van der Waals surface area contributed by atoms with Crippen molar-refractivity contribution in [2.75, 3.05) is 0 Å². The van der Waals surface area contributed by atoms with Crippen LogP contribution in [0.2, 0.25) is 5.02 Å². The number of halogens is 4. The van der Waals surface area contributed by atoms with E-state index >= 15 is 0 Å². The smallest absolute Gasteiger partial charge is 0.395 e. The van der Waals surface area contributed by atoms with Gasteiger partial charge in [-0.2, -0.15) is 18.3 Å². The number of hydrogen-bond donors (Lipinski definition) is 2. The van der Waals surface area contributed by atoms with E-state index in [0.29, 0.717) is 27.7 Å². The summed E-state index contributed by atoms with van der Waals surface area (Å²) >= 11 is 6.04. The summed E-state index contributed by atoms with van der Waals surface area (Å²) in [4.78, 5) is 3.83. The van der Waals surface area contributed by atoms with Gasteiger partial charge in [-0.1, -0.05) is 11.6 Å². The highest BCUT2D eigenvalue weighted by molar-refractivity contribution is 6.37. The Labute approximate surface area is 110 Å². The van der Waals surface area contributed by atoms with E-state index in [4.69, 9.17) is 17.3 Å². The van der Waals surface area contributed by atoms with E-state index in [-0.39, 0.29) is 0 Å². The van der Waals surface area contributed by atoms with Crippen molar-refractivity contribution in [3.63, 3.8) is 0 Å². The molecule has 4 nitrogen and oxygen atoms in total. The van der Waals surface area contributed by atoms with Crippen molar-refractivity contribution in [1.29, 1.82) is 0 Å². The number of H-pyrrole nitrogens is 1. The minimum absolute atomic E-state index is 0.307. The number of nitrogens with two attached hydrogens (primary N) is 1. The van der Waals surface area contributed by atoms with E-state index in [0.717, 1.165) is 6.21 Å². The summed E-state index contributed by atoms with van der Waals surface area (Å²) in [5, 5.41) is 7.47. The topological polar surface area (TPSA) is 67.1 Å². The Kier molecular flexibility index (Phi) is 3.48. The van der Waals surface area contributed by atoms with Crippen molar-refractivity contribution in [2.24, 2.45) is 10.7 Å². The highest BCUT2D eigenvalue weighted by atomic mass is 35.5. The minimum atomic E-state index is -4.57. The predicted octanol–water partition coefficient (Wildman–Crippen LogP) is 3.32. The Morgan fingerprint density at radius 3 is 2.84 bits per heavy atom. The number of nitrogens with one attached hydrogen (secondary N) is 1. The van der Waals surface area contributed by atoms with Crippen LogP contribution in [0.5, 0.6) is 0 Å². The Morgan fingerprint density at radius 2 is 2.16 bits per heavy atom. The van der Waals surface area contributed by atoms with Gasteiger partial charge in [-0.05, 0) is 18.2 Å². The zero-order chi connectivity index (χ0) is 14.0. The third kappa shape index (κ3) is 2.87. The zero-order valence-electron chi connectivity index (χ0n) is 9.37. The molecule has 0 saturated carbocycles. The summed E-state index contributed by atoms with van der Waals surface area (Å²) in [6, 6.07) is 3.24. The van der Waals surface area contributed by atoms with Crippen molar-refractivity contribution in [3.05, 3.63) is 35.1 Å². The number of alkyl halides is 3. The normalized spacial score (nSPS) is 13.6. The molecule has 0 atom stereocenters. The molecule has 0 amide bonds. The number of fused-ring (bicyclic) bond motifs is 1. The Hall–Kier alpha value is -2.02. The van der Waals surface area contributed by atoms with E-state index in [1.54, 1.807) is 12.1 Å². The van der Waals surface area contributed by atoms with Crippen LogP contribution < -0.4 is 5.73 Å². The number of rotatable bonds is 2. The predicted molar refractivity (Wildman–Crippen MR) is 67.6 cm³/mol. The molecular weight excluding hydrogens is 281 g/mol. The fourth-order valence-electron chi connectivity index (χ4n) is 1.36. The molecule has 0 fully saturated rings. The quantitative estimate of drug-likeness (QED) is 0.832. The molecule has 2 rings (SSSR count). The lowest BCUT2D eigenvalue weighted by atomic mass is 10.2. The first-order chi connectivity index (χ1) is 8.89. The molecule has 0 aliphatic rings. The summed E-state index contributed by atoms with van der Waals surface area (Å²) < 4.78 is 36.4. The van der Waals surface area contributed by atoms with Gasteiger partial charge < -0.3 is 5.73 Å². The zero-order valence-corrected chi connectivity index (χ0v) is 10.1. The third-order valence-electron chi connectivity index (χ3n) is 2.33. The van der Waals surface area contributed by atoms with Crippen molar-refractivity contribution in [3.8, 4) is 0 Å². The van der Waals surface area contributed by atoms with Crippen LogP contribution in [-0.2, 0) is 0 Å². The SMILES string of the molecule is NC(=CC=Nc1ccc2[nH]ncc2c1Cl)C(F)(F)F. The number of benzene rings is 1. The molecule has 0 bridgehead atoms. The molecule has 19 heavy (non-hydrogen) atoms. The molecule has 1 aromatic heterocycles. The molecule has 1 heterocycles. The van der Waals surface area contributed by atoms with Gasteiger partial charge in [0.25, 0.3) is 0 Å². The van der Waals surface area contributed by atoms with E-state index in [2.05, 4.69) is 15.2 Å². The molecule has 100 valence electrons. The lowest BCUT2D eigenvalue weighted by Crippen LogP contribution is -2.19. The molecule has 0 spiro atoms. The number of aliphatic imine (C=N–C) groups is 1. The van der Waals surface area contributed by atoms with Gasteiger partial charge in [0.05, 0.1) is 22.4 Å². The summed E-state index contributed by atoms with van der Waals surface area (Å²) in [5.74, 6) is 0. The lowest BCUT2D eigenvalue weighted by Gasteiger charge is -2.03. The number of hydrogen-bond acceptors (Lipinski definition) is 3. The second-order valence-corrected chi connectivity index (χ2v) is 4.01. The van der Waals surface area contributed by atoms with Crippen LogP contribution in [0.15, 0.2) is 35.1 Å². The molecular formula is C11H8ClF3N4. The molecule has 0 saturated heterocycles.